The van der Waals surface area contributed by atoms with Gasteiger partial charge in [0.25, 0.3) is 0 Å². The van der Waals surface area contributed by atoms with Gasteiger partial charge in [0, 0.05) is 16.3 Å². The molecule has 0 bridgehead atoms. The van der Waals surface area contributed by atoms with E-state index < -0.39 is 6.10 Å². The molecule has 0 radical (unpaired) electrons. The molecule has 0 aromatic carbocycles. The molecule has 1 N–H and O–H groups in total. The SMILES string of the molecule is CC(O)C#Cc1nccc2sccc12. The van der Waals surface area contributed by atoms with Crippen molar-refractivity contribution in [3.63, 3.8) is 0 Å². The summed E-state index contributed by atoms with van der Waals surface area (Å²) in [6, 6.07) is 3.96. The zero-order chi connectivity index (χ0) is 9.97. The molecule has 0 aliphatic heterocycles. The topological polar surface area (TPSA) is 33.1 Å². The van der Waals surface area contributed by atoms with Crippen LogP contribution in [0.1, 0.15) is 12.6 Å². The third-order valence-corrected chi connectivity index (χ3v) is 2.66. The van der Waals surface area contributed by atoms with Gasteiger partial charge in [-0.3, -0.25) is 0 Å². The average molecular weight is 203 g/mol. The molecule has 0 spiro atoms. The van der Waals surface area contributed by atoms with Gasteiger partial charge in [-0.05, 0) is 30.4 Å². The van der Waals surface area contributed by atoms with Crippen LogP contribution in [0.25, 0.3) is 10.1 Å². The number of rotatable bonds is 0. The van der Waals surface area contributed by atoms with Gasteiger partial charge in [-0.1, -0.05) is 5.92 Å². The third kappa shape index (κ3) is 1.77. The molecular formula is C11H9NOS. The Hall–Kier alpha value is -1.37. The molecular weight excluding hydrogens is 194 g/mol. The lowest BCUT2D eigenvalue weighted by atomic mass is 10.2. The molecule has 2 aromatic rings. The second-order valence-electron chi connectivity index (χ2n) is 2.94. The normalized spacial score (nSPS) is 12.1. The summed E-state index contributed by atoms with van der Waals surface area (Å²) in [6.45, 7) is 1.64. The average Bonchev–Trinajstić information content (AvgIpc) is 2.62. The van der Waals surface area contributed by atoms with E-state index in [1.807, 2.05) is 17.5 Å². The predicted octanol–water partition coefficient (Wildman–Crippen LogP) is 2.03. The minimum absolute atomic E-state index is 0.606. The molecule has 1 atom stereocenters. The Labute approximate surface area is 86.2 Å². The highest BCUT2D eigenvalue weighted by Gasteiger charge is 1.99. The van der Waals surface area contributed by atoms with Gasteiger partial charge in [0.2, 0.25) is 0 Å². The van der Waals surface area contributed by atoms with Gasteiger partial charge in [0.1, 0.15) is 11.8 Å². The summed E-state index contributed by atoms with van der Waals surface area (Å²) < 4.78 is 1.18. The van der Waals surface area contributed by atoms with E-state index in [0.717, 1.165) is 11.1 Å². The maximum atomic E-state index is 9.04. The summed E-state index contributed by atoms with van der Waals surface area (Å²) in [5.74, 6) is 5.56. The Morgan fingerprint density at radius 3 is 3.14 bits per heavy atom. The monoisotopic (exact) mass is 203 g/mol. The van der Waals surface area contributed by atoms with Gasteiger partial charge >= 0.3 is 0 Å². The van der Waals surface area contributed by atoms with Gasteiger partial charge in [-0.15, -0.1) is 11.3 Å². The van der Waals surface area contributed by atoms with Crippen LogP contribution in [0.5, 0.6) is 0 Å². The van der Waals surface area contributed by atoms with Gasteiger partial charge in [-0.25, -0.2) is 4.98 Å². The number of hydrogen-bond donors (Lipinski definition) is 1. The number of thiophene rings is 1. The maximum absolute atomic E-state index is 9.04. The molecule has 2 nitrogen and oxygen atoms in total. The quantitative estimate of drug-likeness (QED) is 0.664. The van der Waals surface area contributed by atoms with Crippen molar-refractivity contribution in [3.8, 4) is 11.8 Å². The van der Waals surface area contributed by atoms with E-state index in [1.165, 1.54) is 4.70 Å². The highest BCUT2D eigenvalue weighted by Crippen LogP contribution is 2.21. The molecule has 14 heavy (non-hydrogen) atoms. The first-order valence-corrected chi connectivity index (χ1v) is 5.17. The van der Waals surface area contributed by atoms with E-state index in [-0.39, 0.29) is 0 Å². The molecule has 0 aliphatic carbocycles. The minimum Gasteiger partial charge on any atom is -0.381 e. The lowest BCUT2D eigenvalue weighted by Crippen LogP contribution is -1.93. The summed E-state index contributed by atoms with van der Waals surface area (Å²) >= 11 is 1.67. The maximum Gasteiger partial charge on any atom is 0.121 e. The summed E-state index contributed by atoms with van der Waals surface area (Å²) in [7, 11) is 0. The minimum atomic E-state index is -0.606. The lowest BCUT2D eigenvalue weighted by Gasteiger charge is -1.92. The van der Waals surface area contributed by atoms with Gasteiger partial charge in [0.15, 0.2) is 0 Å². The van der Waals surface area contributed by atoms with Crippen molar-refractivity contribution in [2.24, 2.45) is 0 Å². The van der Waals surface area contributed by atoms with Crippen molar-refractivity contribution >= 4 is 21.4 Å². The van der Waals surface area contributed by atoms with Crippen LogP contribution in [0.2, 0.25) is 0 Å². The largest absolute Gasteiger partial charge is 0.381 e. The first-order chi connectivity index (χ1) is 6.77. The molecule has 70 valence electrons. The Kier molecular flexibility index (Phi) is 2.49. The van der Waals surface area contributed by atoms with Gasteiger partial charge in [0.05, 0.1) is 0 Å². The van der Waals surface area contributed by atoms with Crippen molar-refractivity contribution in [2.45, 2.75) is 13.0 Å². The van der Waals surface area contributed by atoms with E-state index in [4.69, 9.17) is 5.11 Å². The molecule has 1 unspecified atom stereocenters. The smallest absolute Gasteiger partial charge is 0.121 e. The molecule has 2 heterocycles. The predicted molar refractivity (Wildman–Crippen MR) is 58.2 cm³/mol. The number of pyridine rings is 1. The lowest BCUT2D eigenvalue weighted by molar-refractivity contribution is 0.253. The first-order valence-electron chi connectivity index (χ1n) is 4.29. The Morgan fingerprint density at radius 2 is 2.36 bits per heavy atom. The molecule has 0 fully saturated rings. The summed E-state index contributed by atoms with van der Waals surface area (Å²) in [5, 5.41) is 12.1. The van der Waals surface area contributed by atoms with Crippen molar-refractivity contribution < 1.29 is 5.11 Å². The van der Waals surface area contributed by atoms with E-state index >= 15 is 0 Å². The van der Waals surface area contributed by atoms with E-state index in [0.29, 0.717) is 0 Å². The van der Waals surface area contributed by atoms with Crippen molar-refractivity contribution in [1.29, 1.82) is 0 Å². The Balaban J connectivity index is 2.53. The fourth-order valence-electron chi connectivity index (χ4n) is 1.17. The van der Waals surface area contributed by atoms with Crippen LogP contribution in [0, 0.1) is 11.8 Å². The number of aliphatic hydroxyl groups excluding tert-OH is 1. The molecule has 0 saturated heterocycles. The van der Waals surface area contributed by atoms with E-state index in [1.54, 1.807) is 24.5 Å². The Morgan fingerprint density at radius 1 is 1.50 bits per heavy atom. The molecule has 2 aromatic heterocycles. The zero-order valence-corrected chi connectivity index (χ0v) is 8.51. The zero-order valence-electron chi connectivity index (χ0n) is 7.69. The molecule has 2 rings (SSSR count). The van der Waals surface area contributed by atoms with Gasteiger partial charge < -0.3 is 5.11 Å². The number of aliphatic hydroxyl groups is 1. The second kappa shape index (κ2) is 3.79. The standard InChI is InChI=1S/C11H9NOS/c1-8(13)2-3-10-9-5-7-14-11(9)4-6-12-10/h4-8,13H,1H3. The summed E-state index contributed by atoms with van der Waals surface area (Å²) in [5.41, 5.74) is 0.740. The van der Waals surface area contributed by atoms with Crippen molar-refractivity contribution in [3.05, 3.63) is 29.4 Å². The number of aromatic nitrogens is 1. The van der Waals surface area contributed by atoms with Crippen molar-refractivity contribution in [1.82, 2.24) is 4.98 Å². The highest BCUT2D eigenvalue weighted by molar-refractivity contribution is 7.17. The molecule has 0 saturated carbocycles. The van der Waals surface area contributed by atoms with Crippen LogP contribution in [-0.4, -0.2) is 16.2 Å². The summed E-state index contributed by atoms with van der Waals surface area (Å²) in [4.78, 5) is 4.17. The molecule has 0 amide bonds. The van der Waals surface area contributed by atoms with Crippen LogP contribution < -0.4 is 0 Å². The van der Waals surface area contributed by atoms with Crippen LogP contribution in [0.4, 0.5) is 0 Å². The fraction of sp³-hybridized carbons (Fsp3) is 0.182. The number of fused-ring (bicyclic) bond motifs is 1. The van der Waals surface area contributed by atoms with Crippen LogP contribution in [-0.2, 0) is 0 Å². The highest BCUT2D eigenvalue weighted by atomic mass is 32.1. The van der Waals surface area contributed by atoms with Crippen LogP contribution >= 0.6 is 11.3 Å². The van der Waals surface area contributed by atoms with Gasteiger partial charge in [-0.2, -0.15) is 0 Å². The fourth-order valence-corrected chi connectivity index (χ4v) is 1.95. The Bertz CT molecular complexity index is 504. The van der Waals surface area contributed by atoms with Crippen molar-refractivity contribution in [2.75, 3.05) is 0 Å². The van der Waals surface area contributed by atoms with E-state index in [2.05, 4.69) is 16.8 Å². The number of nitrogens with zero attached hydrogens (tertiary/aromatic N) is 1. The second-order valence-corrected chi connectivity index (χ2v) is 3.88. The van der Waals surface area contributed by atoms with E-state index in [9.17, 15) is 0 Å². The third-order valence-electron chi connectivity index (χ3n) is 1.78. The first kappa shape index (κ1) is 9.20. The number of hydrogen-bond acceptors (Lipinski definition) is 3. The summed E-state index contributed by atoms with van der Waals surface area (Å²) in [6.07, 6.45) is 1.14. The molecule has 0 aliphatic rings. The van der Waals surface area contributed by atoms with Crippen LogP contribution in [0.3, 0.4) is 0 Å². The molecule has 3 heteroatoms. The van der Waals surface area contributed by atoms with Crippen LogP contribution in [0.15, 0.2) is 23.7 Å².